The summed E-state index contributed by atoms with van der Waals surface area (Å²) in [7, 11) is 0. The highest BCUT2D eigenvalue weighted by atomic mass is 32.1. The van der Waals surface area contributed by atoms with Crippen LogP contribution in [0.3, 0.4) is 0 Å². The standard InChI is InChI=1S/C33H29FN4O2S/c1-4-22-13-14-24-27(18-22)38(33(40)26-11-6-12-29(35-26)37-16-7-9-21(37)3)17-15-23-19-28(41-31(23)24)32(39)36-30-20(2)8-5-10-25(30)34/h1,5-6,8,10-14,18-19,21H,7,9,15-17H2,2-3H3,(H,36,39)/t21-/m0/s1. The van der Waals surface area contributed by atoms with Crippen LogP contribution >= 0.6 is 11.3 Å². The van der Waals surface area contributed by atoms with E-state index in [9.17, 15) is 14.0 Å². The van der Waals surface area contributed by atoms with E-state index in [0.717, 1.165) is 41.2 Å². The predicted octanol–water partition coefficient (Wildman–Crippen LogP) is 6.68. The van der Waals surface area contributed by atoms with Gasteiger partial charge in [-0.15, -0.1) is 17.8 Å². The van der Waals surface area contributed by atoms with Gasteiger partial charge in [0.25, 0.3) is 11.8 Å². The molecule has 1 atom stereocenters. The third-order valence-corrected chi connectivity index (χ3v) is 9.05. The molecule has 2 amide bonds. The van der Waals surface area contributed by atoms with E-state index in [0.29, 0.717) is 46.4 Å². The Morgan fingerprint density at radius 1 is 1.12 bits per heavy atom. The van der Waals surface area contributed by atoms with Crippen LogP contribution in [0.1, 0.15) is 56.6 Å². The van der Waals surface area contributed by atoms with Crippen molar-refractivity contribution < 1.29 is 14.0 Å². The highest BCUT2D eigenvalue weighted by Crippen LogP contribution is 2.42. The van der Waals surface area contributed by atoms with Gasteiger partial charge in [-0.1, -0.05) is 30.2 Å². The molecule has 6 nitrogen and oxygen atoms in total. The number of fused-ring (bicyclic) bond motifs is 3. The van der Waals surface area contributed by atoms with Gasteiger partial charge in [0.05, 0.1) is 16.3 Å². The summed E-state index contributed by atoms with van der Waals surface area (Å²) in [4.78, 5) is 37.3. The molecule has 2 aliphatic heterocycles. The van der Waals surface area contributed by atoms with Gasteiger partial charge in [0.1, 0.15) is 17.3 Å². The molecule has 4 aromatic rings. The summed E-state index contributed by atoms with van der Waals surface area (Å²) < 4.78 is 14.4. The summed E-state index contributed by atoms with van der Waals surface area (Å²) in [5, 5.41) is 2.73. The second kappa shape index (κ2) is 10.8. The van der Waals surface area contributed by atoms with Crippen molar-refractivity contribution in [3.8, 4) is 22.8 Å². The van der Waals surface area contributed by atoms with Gasteiger partial charge in [0, 0.05) is 35.1 Å². The first-order valence-corrected chi connectivity index (χ1v) is 14.5. The van der Waals surface area contributed by atoms with Crippen LogP contribution in [0.25, 0.3) is 10.4 Å². The number of hydrogen-bond donors (Lipinski definition) is 1. The van der Waals surface area contributed by atoms with E-state index in [1.165, 1.54) is 17.4 Å². The van der Waals surface area contributed by atoms with Crippen molar-refractivity contribution in [2.24, 2.45) is 0 Å². The number of benzene rings is 2. The smallest absolute Gasteiger partial charge is 0.276 e. The van der Waals surface area contributed by atoms with Gasteiger partial charge in [0.15, 0.2) is 0 Å². The maximum Gasteiger partial charge on any atom is 0.276 e. The average Bonchev–Trinajstić information content (AvgIpc) is 3.58. The van der Waals surface area contributed by atoms with Crippen LogP contribution in [0.4, 0.5) is 21.6 Å². The van der Waals surface area contributed by atoms with Crippen molar-refractivity contribution in [2.45, 2.75) is 39.2 Å². The summed E-state index contributed by atoms with van der Waals surface area (Å²) in [5.41, 5.74) is 4.31. The number of nitrogens with zero attached hydrogens (tertiary/aromatic N) is 3. The molecular weight excluding hydrogens is 535 g/mol. The van der Waals surface area contributed by atoms with Gasteiger partial charge < -0.3 is 15.1 Å². The normalized spacial score (nSPS) is 16.0. The third kappa shape index (κ3) is 4.98. The Labute approximate surface area is 242 Å². The Morgan fingerprint density at radius 3 is 2.71 bits per heavy atom. The number of pyridine rings is 1. The molecule has 8 heteroatoms. The zero-order chi connectivity index (χ0) is 28.7. The largest absolute Gasteiger partial charge is 0.354 e. The van der Waals surface area contributed by atoms with Crippen LogP contribution < -0.4 is 15.1 Å². The van der Waals surface area contributed by atoms with E-state index >= 15 is 0 Å². The molecule has 41 heavy (non-hydrogen) atoms. The van der Waals surface area contributed by atoms with Crippen LogP contribution in [0.2, 0.25) is 0 Å². The first-order valence-electron chi connectivity index (χ1n) is 13.7. The zero-order valence-electron chi connectivity index (χ0n) is 22.9. The van der Waals surface area contributed by atoms with Gasteiger partial charge in [-0.3, -0.25) is 9.59 Å². The molecule has 6 rings (SSSR count). The molecule has 2 aliphatic rings. The monoisotopic (exact) mass is 564 g/mol. The number of aryl methyl sites for hydroxylation is 1. The Balaban J connectivity index is 1.35. The van der Waals surface area contributed by atoms with Crippen molar-refractivity contribution >= 4 is 40.3 Å². The Bertz CT molecular complexity index is 1700. The lowest BCUT2D eigenvalue weighted by Gasteiger charge is -2.25. The molecule has 0 bridgehead atoms. The SMILES string of the molecule is C#Cc1ccc2c(c1)N(C(=O)c1cccc(N3CCC[C@@H]3C)n1)CCc1cc(C(=O)Nc3c(C)cccc3F)sc1-2. The minimum absolute atomic E-state index is 0.176. The molecule has 1 N–H and O–H groups in total. The van der Waals surface area contributed by atoms with Crippen LogP contribution in [0.5, 0.6) is 0 Å². The molecule has 1 fully saturated rings. The number of amides is 2. The Kier molecular flexibility index (Phi) is 7.06. The van der Waals surface area contributed by atoms with Gasteiger partial charge in [-0.25, -0.2) is 9.37 Å². The minimum Gasteiger partial charge on any atom is -0.354 e. The van der Waals surface area contributed by atoms with E-state index in [4.69, 9.17) is 11.4 Å². The average molecular weight is 565 g/mol. The van der Waals surface area contributed by atoms with Crippen LogP contribution in [-0.4, -0.2) is 35.9 Å². The van der Waals surface area contributed by atoms with Crippen molar-refractivity contribution in [2.75, 3.05) is 28.2 Å². The second-order valence-electron chi connectivity index (χ2n) is 10.5. The molecule has 0 unspecified atom stereocenters. The number of terminal acetylenes is 1. The lowest BCUT2D eigenvalue weighted by molar-refractivity contribution is 0.0981. The Hall–Kier alpha value is -4.48. The fraction of sp³-hybridized carbons (Fsp3) is 0.242. The number of carbonyl (C=O) groups excluding carboxylic acids is 2. The van der Waals surface area contributed by atoms with E-state index in [1.807, 2.05) is 36.4 Å². The summed E-state index contributed by atoms with van der Waals surface area (Å²) >= 11 is 1.33. The summed E-state index contributed by atoms with van der Waals surface area (Å²) in [5.74, 6) is 2.44. The zero-order valence-corrected chi connectivity index (χ0v) is 23.7. The lowest BCUT2D eigenvalue weighted by atomic mass is 10.0. The first kappa shape index (κ1) is 26.7. The topological polar surface area (TPSA) is 65.5 Å². The summed E-state index contributed by atoms with van der Waals surface area (Å²) in [6.45, 7) is 5.25. The van der Waals surface area contributed by atoms with E-state index in [-0.39, 0.29) is 17.5 Å². The molecule has 2 aromatic heterocycles. The number of para-hydroxylation sites is 1. The minimum atomic E-state index is -0.477. The Morgan fingerprint density at radius 2 is 1.95 bits per heavy atom. The number of thiophene rings is 1. The highest BCUT2D eigenvalue weighted by Gasteiger charge is 2.30. The van der Waals surface area contributed by atoms with E-state index in [1.54, 1.807) is 30.0 Å². The predicted molar refractivity (Wildman–Crippen MR) is 162 cm³/mol. The number of nitrogens with one attached hydrogen (secondary N) is 1. The maximum atomic E-state index is 14.4. The number of halogens is 1. The van der Waals surface area contributed by atoms with Gasteiger partial charge >= 0.3 is 0 Å². The fourth-order valence-corrected chi connectivity index (χ4v) is 6.77. The fourth-order valence-electron chi connectivity index (χ4n) is 5.63. The van der Waals surface area contributed by atoms with Crippen molar-refractivity contribution in [1.82, 2.24) is 4.98 Å². The molecule has 1 saturated heterocycles. The maximum absolute atomic E-state index is 14.4. The number of rotatable bonds is 4. The first-order chi connectivity index (χ1) is 19.8. The summed E-state index contributed by atoms with van der Waals surface area (Å²) in [6, 6.07) is 18.1. The number of carbonyl (C=O) groups is 2. The number of anilines is 3. The highest BCUT2D eigenvalue weighted by molar-refractivity contribution is 7.17. The molecule has 0 spiro atoms. The molecule has 0 radical (unpaired) electrons. The van der Waals surface area contributed by atoms with Crippen molar-refractivity contribution in [1.29, 1.82) is 0 Å². The second-order valence-corrected chi connectivity index (χ2v) is 11.6. The van der Waals surface area contributed by atoms with Gasteiger partial charge in [-0.2, -0.15) is 0 Å². The molecular formula is C33H29FN4O2S. The van der Waals surface area contributed by atoms with Crippen LogP contribution in [0, 0.1) is 25.1 Å². The van der Waals surface area contributed by atoms with Gasteiger partial charge in [0.2, 0.25) is 0 Å². The molecule has 0 aliphatic carbocycles. The number of hydrogen-bond acceptors (Lipinski definition) is 5. The van der Waals surface area contributed by atoms with E-state index in [2.05, 4.69) is 23.1 Å². The quantitative estimate of drug-likeness (QED) is 0.281. The molecule has 0 saturated carbocycles. The lowest BCUT2D eigenvalue weighted by Crippen LogP contribution is -2.34. The van der Waals surface area contributed by atoms with Crippen LogP contribution in [-0.2, 0) is 6.42 Å². The molecule has 4 heterocycles. The molecule has 2 aromatic carbocycles. The van der Waals surface area contributed by atoms with Crippen molar-refractivity contribution in [3.05, 3.63) is 93.7 Å². The van der Waals surface area contributed by atoms with Gasteiger partial charge in [-0.05, 0) is 80.6 Å². The molecule has 206 valence electrons. The van der Waals surface area contributed by atoms with E-state index < -0.39 is 5.82 Å². The summed E-state index contributed by atoms with van der Waals surface area (Å²) in [6.07, 6.45) is 8.49. The number of aromatic nitrogens is 1. The van der Waals surface area contributed by atoms with Crippen LogP contribution in [0.15, 0.2) is 60.7 Å². The van der Waals surface area contributed by atoms with Crippen molar-refractivity contribution in [3.63, 3.8) is 0 Å². The third-order valence-electron chi connectivity index (χ3n) is 7.84.